The maximum atomic E-state index is 13.0. The number of phosphoric acid groups is 1. The largest absolute Gasteiger partial charge is 0.472 e. The number of carbonyl (C=O) groups excluding carboxylic acids is 2. The fourth-order valence-electron chi connectivity index (χ4n) is 3.78. The van der Waals surface area contributed by atoms with Crippen molar-refractivity contribution < 1.29 is 52.1 Å². The normalized spacial score (nSPS) is 23.7. The first-order valence-electron chi connectivity index (χ1n) is 12.4. The van der Waals surface area contributed by atoms with Gasteiger partial charge < -0.3 is 33.5 Å². The van der Waals surface area contributed by atoms with E-state index in [2.05, 4.69) is 0 Å². The zero-order chi connectivity index (χ0) is 28.6. The summed E-state index contributed by atoms with van der Waals surface area (Å²) in [4.78, 5) is 43.8. The van der Waals surface area contributed by atoms with E-state index in [9.17, 15) is 23.9 Å². The molecular weight excluding hydrogens is 531 g/mol. The van der Waals surface area contributed by atoms with Crippen LogP contribution >= 0.6 is 7.82 Å². The Labute approximate surface area is 227 Å². The van der Waals surface area contributed by atoms with Gasteiger partial charge in [0.15, 0.2) is 6.10 Å². The van der Waals surface area contributed by atoms with Crippen LogP contribution in [0.5, 0.6) is 0 Å². The van der Waals surface area contributed by atoms with Gasteiger partial charge in [-0.2, -0.15) is 0 Å². The molecule has 1 aliphatic heterocycles. The molecule has 0 spiro atoms. The molecule has 5 atom stereocenters. The van der Waals surface area contributed by atoms with Crippen LogP contribution < -0.4 is 0 Å². The van der Waals surface area contributed by atoms with Gasteiger partial charge in [0.2, 0.25) is 6.29 Å². The van der Waals surface area contributed by atoms with Gasteiger partial charge in [-0.05, 0) is 31.9 Å². The van der Waals surface area contributed by atoms with Crippen LogP contribution in [0.25, 0.3) is 0 Å². The summed E-state index contributed by atoms with van der Waals surface area (Å²) >= 11 is 0. The molecular formula is C27H35O11P. The molecule has 0 aromatic heterocycles. The maximum Gasteiger partial charge on any atom is 0.472 e. The molecule has 0 bridgehead atoms. The first kappa shape index (κ1) is 30.9. The molecule has 1 fully saturated rings. The van der Waals surface area contributed by atoms with Crippen molar-refractivity contribution in [2.24, 2.45) is 5.41 Å². The predicted octanol–water partition coefficient (Wildman–Crippen LogP) is 3.51. The number of esters is 2. The standard InChI is InChI=1S/C27H35O11P/c1-18(28)33-17-21-22(34-15-19-11-7-5-8-12-19)23(35-16-20-13-9-6-10-14-20)24(37-26(29)27(2,3)4)25(36-21)38-39(30,31)32/h5-14,21-25H,15-17H2,1-4H3,(H2,30,31,32)/t21-,22-,23+,24-,25+/m1/s1. The number of rotatable bonds is 11. The fourth-order valence-corrected chi connectivity index (χ4v) is 4.22. The Kier molecular flexibility index (Phi) is 10.8. The van der Waals surface area contributed by atoms with E-state index in [1.165, 1.54) is 6.92 Å². The van der Waals surface area contributed by atoms with Gasteiger partial charge >= 0.3 is 19.8 Å². The first-order valence-corrected chi connectivity index (χ1v) is 13.9. The number of ether oxygens (including phenoxy) is 5. The van der Waals surface area contributed by atoms with Crippen LogP contribution in [0.2, 0.25) is 0 Å². The summed E-state index contributed by atoms with van der Waals surface area (Å²) in [6.45, 7) is 5.91. The van der Waals surface area contributed by atoms with Crippen LogP contribution in [0.15, 0.2) is 60.7 Å². The lowest BCUT2D eigenvalue weighted by atomic mass is 9.95. The van der Waals surface area contributed by atoms with Crippen molar-refractivity contribution in [3.05, 3.63) is 71.8 Å². The maximum absolute atomic E-state index is 13.0. The summed E-state index contributed by atoms with van der Waals surface area (Å²) in [6.07, 6.45) is -6.41. The molecule has 214 valence electrons. The summed E-state index contributed by atoms with van der Waals surface area (Å²) in [7, 11) is -5.13. The third kappa shape index (κ3) is 9.81. The Hall–Kier alpha value is -2.63. The molecule has 2 aromatic rings. The third-order valence-electron chi connectivity index (χ3n) is 5.71. The van der Waals surface area contributed by atoms with Crippen molar-refractivity contribution in [3.8, 4) is 0 Å². The zero-order valence-electron chi connectivity index (χ0n) is 22.3. The Morgan fingerprint density at radius 1 is 0.872 bits per heavy atom. The van der Waals surface area contributed by atoms with E-state index in [1.54, 1.807) is 20.8 Å². The van der Waals surface area contributed by atoms with E-state index in [4.69, 9.17) is 28.2 Å². The minimum absolute atomic E-state index is 0.0448. The van der Waals surface area contributed by atoms with Crippen LogP contribution in [0.3, 0.4) is 0 Å². The molecule has 0 aliphatic carbocycles. The second-order valence-electron chi connectivity index (χ2n) is 10.1. The van der Waals surface area contributed by atoms with Gasteiger partial charge in [0.1, 0.15) is 24.9 Å². The van der Waals surface area contributed by atoms with Crippen molar-refractivity contribution >= 4 is 19.8 Å². The minimum Gasteiger partial charge on any atom is -0.463 e. The highest BCUT2D eigenvalue weighted by Crippen LogP contribution is 2.42. The lowest BCUT2D eigenvalue weighted by molar-refractivity contribution is -0.305. The van der Waals surface area contributed by atoms with Crippen molar-refractivity contribution in [3.63, 3.8) is 0 Å². The van der Waals surface area contributed by atoms with Crippen LogP contribution in [0.4, 0.5) is 0 Å². The summed E-state index contributed by atoms with van der Waals surface area (Å²) in [5.74, 6) is -1.28. The Balaban J connectivity index is 2.01. The lowest BCUT2D eigenvalue weighted by Gasteiger charge is -2.45. The number of carbonyl (C=O) groups is 2. The van der Waals surface area contributed by atoms with E-state index in [0.29, 0.717) is 0 Å². The van der Waals surface area contributed by atoms with E-state index in [0.717, 1.165) is 11.1 Å². The van der Waals surface area contributed by atoms with Gasteiger partial charge in [0.25, 0.3) is 0 Å². The van der Waals surface area contributed by atoms with E-state index in [-0.39, 0.29) is 19.8 Å². The van der Waals surface area contributed by atoms with Gasteiger partial charge in [-0.15, -0.1) is 0 Å². The fraction of sp³-hybridized carbons (Fsp3) is 0.481. The zero-order valence-corrected chi connectivity index (χ0v) is 23.2. The summed E-state index contributed by atoms with van der Waals surface area (Å²) in [6, 6.07) is 18.4. The molecule has 2 aromatic carbocycles. The lowest BCUT2D eigenvalue weighted by Crippen LogP contribution is -2.62. The van der Waals surface area contributed by atoms with E-state index >= 15 is 0 Å². The second-order valence-corrected chi connectivity index (χ2v) is 11.3. The molecule has 12 heteroatoms. The van der Waals surface area contributed by atoms with Gasteiger partial charge in [-0.25, -0.2) is 4.57 Å². The summed E-state index contributed by atoms with van der Waals surface area (Å²) in [5.41, 5.74) is 0.643. The van der Waals surface area contributed by atoms with Crippen molar-refractivity contribution in [1.82, 2.24) is 0 Å². The highest BCUT2D eigenvalue weighted by molar-refractivity contribution is 7.46. The van der Waals surface area contributed by atoms with Gasteiger partial charge in [-0.1, -0.05) is 60.7 Å². The topological polar surface area (TPSA) is 147 Å². The molecule has 11 nitrogen and oxygen atoms in total. The molecule has 39 heavy (non-hydrogen) atoms. The molecule has 1 saturated heterocycles. The highest BCUT2D eigenvalue weighted by Gasteiger charge is 2.53. The Morgan fingerprint density at radius 3 is 1.85 bits per heavy atom. The molecule has 0 unspecified atom stereocenters. The van der Waals surface area contributed by atoms with Crippen molar-refractivity contribution in [2.75, 3.05) is 6.61 Å². The van der Waals surface area contributed by atoms with Gasteiger partial charge in [0, 0.05) is 6.92 Å². The summed E-state index contributed by atoms with van der Waals surface area (Å²) < 4.78 is 46.0. The van der Waals surface area contributed by atoms with Gasteiger partial charge in [-0.3, -0.25) is 14.1 Å². The van der Waals surface area contributed by atoms with E-state index in [1.807, 2.05) is 60.7 Å². The number of hydrogen-bond donors (Lipinski definition) is 2. The molecule has 3 rings (SSSR count). The van der Waals surface area contributed by atoms with Crippen LogP contribution in [-0.4, -0.2) is 59.0 Å². The van der Waals surface area contributed by atoms with Crippen LogP contribution in [0.1, 0.15) is 38.8 Å². The van der Waals surface area contributed by atoms with E-state index < -0.39 is 55.9 Å². The van der Waals surface area contributed by atoms with Crippen LogP contribution in [-0.2, 0) is 55.6 Å². The minimum atomic E-state index is -5.13. The highest BCUT2D eigenvalue weighted by atomic mass is 31.2. The average molecular weight is 567 g/mol. The second kappa shape index (κ2) is 13.6. The molecule has 2 N–H and O–H groups in total. The van der Waals surface area contributed by atoms with Crippen LogP contribution in [0, 0.1) is 5.41 Å². The number of benzene rings is 2. The quantitative estimate of drug-likeness (QED) is 0.304. The summed E-state index contributed by atoms with van der Waals surface area (Å²) in [5, 5.41) is 0. The van der Waals surface area contributed by atoms with Gasteiger partial charge in [0.05, 0.1) is 18.6 Å². The average Bonchev–Trinajstić information content (AvgIpc) is 2.86. The smallest absolute Gasteiger partial charge is 0.463 e. The first-order chi connectivity index (χ1) is 18.3. The Morgan fingerprint density at radius 2 is 1.38 bits per heavy atom. The Bertz CT molecular complexity index is 1110. The molecule has 1 aliphatic rings. The molecule has 0 saturated carbocycles. The third-order valence-corrected chi connectivity index (χ3v) is 6.19. The predicted molar refractivity (Wildman–Crippen MR) is 138 cm³/mol. The molecule has 0 radical (unpaired) electrons. The molecule has 1 heterocycles. The molecule has 0 amide bonds. The number of hydrogen-bond acceptors (Lipinski definition) is 9. The monoisotopic (exact) mass is 566 g/mol. The SMILES string of the molecule is CC(=O)OC[C@H]1O[C@@H](OP(=O)(O)O)[C@H](OC(=O)C(C)(C)C)[C@@H](OCc2ccccc2)[C@@H]1OCc1ccccc1. The number of phosphoric ester groups is 1. The van der Waals surface area contributed by atoms with Crippen molar-refractivity contribution in [1.29, 1.82) is 0 Å². The van der Waals surface area contributed by atoms with Crippen molar-refractivity contribution in [2.45, 2.75) is 71.6 Å².